The SMILES string of the molecule is C=CC(=O)Cl.C=CC(=O)NCC.CCN. The molecule has 0 aromatic carbocycles. The molecular formula is C10H19ClN2O2. The Labute approximate surface area is 96.2 Å². The molecule has 0 saturated carbocycles. The zero-order chi connectivity index (χ0) is 12.7. The van der Waals surface area contributed by atoms with Crippen LogP contribution in [-0.2, 0) is 9.59 Å². The van der Waals surface area contributed by atoms with E-state index in [1.54, 1.807) is 0 Å². The Bertz CT molecular complexity index is 194. The molecule has 0 heterocycles. The molecule has 0 aromatic rings. The van der Waals surface area contributed by atoms with Crippen LogP contribution in [0.1, 0.15) is 13.8 Å². The highest BCUT2D eigenvalue weighted by atomic mass is 35.5. The van der Waals surface area contributed by atoms with E-state index in [4.69, 9.17) is 17.3 Å². The second-order valence-corrected chi connectivity index (χ2v) is 2.39. The van der Waals surface area contributed by atoms with Crippen LogP contribution in [0.4, 0.5) is 0 Å². The van der Waals surface area contributed by atoms with Crippen molar-refractivity contribution in [1.82, 2.24) is 5.32 Å². The van der Waals surface area contributed by atoms with Crippen molar-refractivity contribution >= 4 is 22.8 Å². The van der Waals surface area contributed by atoms with Gasteiger partial charge >= 0.3 is 0 Å². The number of carbonyl (C=O) groups is 2. The largest absolute Gasteiger partial charge is 0.353 e. The Hall–Kier alpha value is -1.13. The van der Waals surface area contributed by atoms with E-state index < -0.39 is 5.24 Å². The third-order valence-electron chi connectivity index (χ3n) is 0.697. The van der Waals surface area contributed by atoms with Gasteiger partial charge in [-0.15, -0.1) is 0 Å². The molecule has 0 aliphatic carbocycles. The average Bonchev–Trinajstić information content (AvgIpc) is 2.20. The number of carbonyl (C=O) groups excluding carboxylic acids is 2. The molecule has 0 aliphatic rings. The maximum absolute atomic E-state index is 10.2. The van der Waals surface area contributed by atoms with Gasteiger partial charge in [0.25, 0.3) is 0 Å². The zero-order valence-corrected chi connectivity index (χ0v) is 10.0. The summed E-state index contributed by atoms with van der Waals surface area (Å²) in [6, 6.07) is 0. The van der Waals surface area contributed by atoms with E-state index in [-0.39, 0.29) is 5.91 Å². The van der Waals surface area contributed by atoms with E-state index in [9.17, 15) is 9.59 Å². The molecule has 0 aliphatic heterocycles. The van der Waals surface area contributed by atoms with Crippen molar-refractivity contribution < 1.29 is 9.59 Å². The predicted molar refractivity (Wildman–Crippen MR) is 64.7 cm³/mol. The van der Waals surface area contributed by atoms with E-state index in [0.717, 1.165) is 12.6 Å². The molecule has 4 nitrogen and oxygen atoms in total. The monoisotopic (exact) mass is 234 g/mol. The van der Waals surface area contributed by atoms with Gasteiger partial charge in [-0.05, 0) is 37.2 Å². The number of nitrogens with one attached hydrogen (secondary N) is 1. The minimum absolute atomic E-state index is 0.109. The van der Waals surface area contributed by atoms with Gasteiger partial charge in [-0.3, -0.25) is 9.59 Å². The fraction of sp³-hybridized carbons (Fsp3) is 0.400. The van der Waals surface area contributed by atoms with Crippen LogP contribution in [0.2, 0.25) is 0 Å². The van der Waals surface area contributed by atoms with Crippen LogP contribution in [0.25, 0.3) is 0 Å². The summed E-state index contributed by atoms with van der Waals surface area (Å²) < 4.78 is 0. The number of nitrogens with two attached hydrogens (primary N) is 1. The minimum atomic E-state index is -0.509. The lowest BCUT2D eigenvalue weighted by Gasteiger charge is -1.90. The normalized spacial score (nSPS) is 6.93. The molecule has 0 aromatic heterocycles. The van der Waals surface area contributed by atoms with Gasteiger partial charge in [-0.2, -0.15) is 0 Å². The molecule has 0 bridgehead atoms. The zero-order valence-electron chi connectivity index (χ0n) is 9.25. The molecule has 0 fully saturated rings. The first-order valence-corrected chi connectivity index (χ1v) is 4.80. The van der Waals surface area contributed by atoms with E-state index in [1.807, 2.05) is 13.8 Å². The van der Waals surface area contributed by atoms with Gasteiger partial charge in [0.2, 0.25) is 11.1 Å². The maximum Gasteiger partial charge on any atom is 0.244 e. The van der Waals surface area contributed by atoms with Gasteiger partial charge in [-0.1, -0.05) is 20.1 Å². The number of allylic oxidation sites excluding steroid dienone is 1. The highest BCUT2D eigenvalue weighted by Gasteiger charge is 1.83. The standard InChI is InChI=1S/C5H9NO.C3H3ClO.C2H7N/c1-3-5(7)6-4-2;1-2-3(4)5;1-2-3/h3H,1,4H2,2H3,(H,6,7);2H,1H2;2-3H2,1H3. The number of halogens is 1. The smallest absolute Gasteiger partial charge is 0.244 e. The Morgan fingerprint density at radius 2 is 1.67 bits per heavy atom. The van der Waals surface area contributed by atoms with Crippen LogP contribution in [0.15, 0.2) is 25.3 Å². The molecule has 1 amide bonds. The van der Waals surface area contributed by atoms with Crippen molar-refractivity contribution in [2.75, 3.05) is 13.1 Å². The lowest BCUT2D eigenvalue weighted by molar-refractivity contribution is -0.116. The lowest BCUT2D eigenvalue weighted by atomic mass is 10.6. The summed E-state index contributed by atoms with van der Waals surface area (Å²) in [5.74, 6) is -0.109. The van der Waals surface area contributed by atoms with Gasteiger partial charge in [0, 0.05) is 6.54 Å². The van der Waals surface area contributed by atoms with E-state index in [1.165, 1.54) is 6.08 Å². The summed E-state index contributed by atoms with van der Waals surface area (Å²) in [6.45, 7) is 11.5. The summed E-state index contributed by atoms with van der Waals surface area (Å²) in [5, 5.41) is 2.03. The van der Waals surface area contributed by atoms with E-state index in [0.29, 0.717) is 6.54 Å². The molecule has 3 N–H and O–H groups in total. The number of rotatable bonds is 3. The first-order chi connectivity index (χ1) is 6.99. The highest BCUT2D eigenvalue weighted by molar-refractivity contribution is 6.66. The van der Waals surface area contributed by atoms with Crippen molar-refractivity contribution in [2.45, 2.75) is 13.8 Å². The molecule has 88 valence electrons. The summed E-state index contributed by atoms with van der Waals surface area (Å²) >= 11 is 4.71. The molecular weight excluding hydrogens is 216 g/mol. The van der Waals surface area contributed by atoms with Crippen LogP contribution < -0.4 is 11.1 Å². The first-order valence-electron chi connectivity index (χ1n) is 4.42. The van der Waals surface area contributed by atoms with Crippen molar-refractivity contribution in [3.05, 3.63) is 25.3 Å². The van der Waals surface area contributed by atoms with Crippen LogP contribution in [0.5, 0.6) is 0 Å². The van der Waals surface area contributed by atoms with Crippen LogP contribution in [0.3, 0.4) is 0 Å². The molecule has 5 heteroatoms. The number of amides is 1. The molecule has 0 radical (unpaired) electrons. The lowest BCUT2D eigenvalue weighted by Crippen LogP contribution is -2.19. The van der Waals surface area contributed by atoms with Crippen LogP contribution >= 0.6 is 11.6 Å². The fourth-order valence-corrected chi connectivity index (χ4v) is 0.246. The van der Waals surface area contributed by atoms with Gasteiger partial charge in [0.1, 0.15) is 0 Å². The second kappa shape index (κ2) is 18.6. The maximum atomic E-state index is 10.2. The molecule has 15 heavy (non-hydrogen) atoms. The van der Waals surface area contributed by atoms with Crippen molar-refractivity contribution in [2.24, 2.45) is 5.73 Å². The molecule has 0 spiro atoms. The summed E-state index contributed by atoms with van der Waals surface area (Å²) in [7, 11) is 0. The average molecular weight is 235 g/mol. The quantitative estimate of drug-likeness (QED) is 0.570. The van der Waals surface area contributed by atoms with Crippen LogP contribution in [0, 0.1) is 0 Å². The Balaban J connectivity index is -0.000000158. The molecule has 0 saturated heterocycles. The second-order valence-electron chi connectivity index (χ2n) is 2.02. The highest BCUT2D eigenvalue weighted by Crippen LogP contribution is 1.74. The summed E-state index contributed by atoms with van der Waals surface area (Å²) in [6.07, 6.45) is 2.30. The third-order valence-corrected chi connectivity index (χ3v) is 0.851. The fourth-order valence-electron chi connectivity index (χ4n) is 0.246. The summed E-state index contributed by atoms with van der Waals surface area (Å²) in [5.41, 5.74) is 4.85. The Morgan fingerprint density at radius 1 is 1.33 bits per heavy atom. The summed E-state index contributed by atoms with van der Waals surface area (Å²) in [4.78, 5) is 19.6. The van der Waals surface area contributed by atoms with Gasteiger partial charge in [-0.25, -0.2) is 0 Å². The molecule has 0 rings (SSSR count). The minimum Gasteiger partial charge on any atom is -0.353 e. The Kier molecular flexibility index (Phi) is 24.1. The predicted octanol–water partition coefficient (Wildman–Crippen LogP) is 1.21. The van der Waals surface area contributed by atoms with Crippen molar-refractivity contribution in [1.29, 1.82) is 0 Å². The first kappa shape index (κ1) is 19.4. The van der Waals surface area contributed by atoms with Gasteiger partial charge in [0.15, 0.2) is 0 Å². The van der Waals surface area contributed by atoms with E-state index in [2.05, 4.69) is 18.5 Å². The number of hydrogen-bond acceptors (Lipinski definition) is 3. The van der Waals surface area contributed by atoms with E-state index >= 15 is 0 Å². The molecule has 0 atom stereocenters. The van der Waals surface area contributed by atoms with Gasteiger partial charge < -0.3 is 11.1 Å². The topological polar surface area (TPSA) is 72.2 Å². The molecule has 0 unspecified atom stereocenters. The van der Waals surface area contributed by atoms with Gasteiger partial charge in [0.05, 0.1) is 0 Å². The van der Waals surface area contributed by atoms with Crippen molar-refractivity contribution in [3.63, 3.8) is 0 Å². The van der Waals surface area contributed by atoms with Crippen molar-refractivity contribution in [3.8, 4) is 0 Å². The number of hydrogen-bond donors (Lipinski definition) is 2. The number of likely N-dealkylation sites (N-methyl/N-ethyl adjacent to an activating group) is 1. The Morgan fingerprint density at radius 3 is 1.73 bits per heavy atom. The van der Waals surface area contributed by atoms with Crippen LogP contribution in [-0.4, -0.2) is 24.2 Å². The third kappa shape index (κ3) is 44.1.